The van der Waals surface area contributed by atoms with Crippen molar-refractivity contribution in [1.29, 1.82) is 0 Å². The predicted molar refractivity (Wildman–Crippen MR) is 85.4 cm³/mol. The Bertz CT molecular complexity index is 621. The van der Waals surface area contributed by atoms with Crippen LogP contribution < -0.4 is 11.1 Å². The molecule has 0 heterocycles. The summed E-state index contributed by atoms with van der Waals surface area (Å²) in [7, 11) is 0. The number of rotatable bonds is 2. The van der Waals surface area contributed by atoms with Gasteiger partial charge in [-0.05, 0) is 58.7 Å². The van der Waals surface area contributed by atoms with Crippen LogP contribution in [-0.4, -0.2) is 5.91 Å². The lowest BCUT2D eigenvalue weighted by Crippen LogP contribution is -2.12. The van der Waals surface area contributed by atoms with Gasteiger partial charge >= 0.3 is 0 Å². The fourth-order valence-electron chi connectivity index (χ4n) is 1.67. The zero-order valence-electron chi connectivity index (χ0n) is 10.2. The van der Waals surface area contributed by atoms with Crippen LogP contribution in [0.1, 0.15) is 15.9 Å². The number of nitrogens with two attached hydrogens (primary N) is 1. The third kappa shape index (κ3) is 3.58. The standard InChI is InChI=1S/C14H12Br2N2O/c1-8-2-3-12(16)13(4-8)18-14(19)9-5-10(15)7-11(17)6-9/h2-7H,17H2,1H3,(H,18,19). The molecular formula is C14H12Br2N2O. The van der Waals surface area contributed by atoms with Gasteiger partial charge in [0, 0.05) is 20.2 Å². The molecule has 0 radical (unpaired) electrons. The molecule has 0 aromatic heterocycles. The average molecular weight is 384 g/mol. The van der Waals surface area contributed by atoms with Crippen LogP contribution in [0, 0.1) is 6.92 Å². The van der Waals surface area contributed by atoms with Gasteiger partial charge in [-0.3, -0.25) is 4.79 Å². The largest absolute Gasteiger partial charge is 0.399 e. The summed E-state index contributed by atoms with van der Waals surface area (Å²) in [5.41, 5.74) is 8.60. The molecule has 3 N–H and O–H groups in total. The third-order valence-corrected chi connectivity index (χ3v) is 3.70. The van der Waals surface area contributed by atoms with Gasteiger partial charge in [-0.15, -0.1) is 0 Å². The smallest absolute Gasteiger partial charge is 0.255 e. The summed E-state index contributed by atoms with van der Waals surface area (Å²) in [5, 5.41) is 2.86. The van der Waals surface area contributed by atoms with Crippen LogP contribution in [0.5, 0.6) is 0 Å². The Labute approximate surface area is 128 Å². The second kappa shape index (κ2) is 5.75. The first-order valence-corrected chi connectivity index (χ1v) is 7.18. The lowest BCUT2D eigenvalue weighted by Gasteiger charge is -2.09. The van der Waals surface area contributed by atoms with Gasteiger partial charge < -0.3 is 11.1 Å². The molecule has 2 rings (SSSR count). The number of hydrogen-bond donors (Lipinski definition) is 2. The Balaban J connectivity index is 2.28. The van der Waals surface area contributed by atoms with E-state index >= 15 is 0 Å². The fraction of sp³-hybridized carbons (Fsp3) is 0.0714. The highest BCUT2D eigenvalue weighted by atomic mass is 79.9. The Morgan fingerprint density at radius 3 is 2.58 bits per heavy atom. The maximum atomic E-state index is 12.2. The normalized spacial score (nSPS) is 10.3. The lowest BCUT2D eigenvalue weighted by atomic mass is 10.1. The van der Waals surface area contributed by atoms with Crippen LogP contribution >= 0.6 is 31.9 Å². The molecule has 0 atom stereocenters. The summed E-state index contributed by atoms with van der Waals surface area (Å²) in [5.74, 6) is -0.195. The van der Waals surface area contributed by atoms with Gasteiger partial charge in [0.05, 0.1) is 5.69 Å². The number of amides is 1. The maximum absolute atomic E-state index is 12.2. The van der Waals surface area contributed by atoms with E-state index in [9.17, 15) is 4.79 Å². The van der Waals surface area contributed by atoms with Gasteiger partial charge in [0.2, 0.25) is 0 Å². The first-order valence-electron chi connectivity index (χ1n) is 5.59. The monoisotopic (exact) mass is 382 g/mol. The van der Waals surface area contributed by atoms with Gasteiger partial charge in [0.1, 0.15) is 0 Å². The van der Waals surface area contributed by atoms with E-state index < -0.39 is 0 Å². The van der Waals surface area contributed by atoms with Gasteiger partial charge in [0.25, 0.3) is 5.91 Å². The van der Waals surface area contributed by atoms with Crippen molar-refractivity contribution in [3.63, 3.8) is 0 Å². The molecule has 98 valence electrons. The number of halogens is 2. The maximum Gasteiger partial charge on any atom is 0.255 e. The Hall–Kier alpha value is -1.33. The number of nitrogens with one attached hydrogen (secondary N) is 1. The van der Waals surface area contributed by atoms with Crippen LogP contribution in [0.2, 0.25) is 0 Å². The number of benzene rings is 2. The second-order valence-corrected chi connectivity index (χ2v) is 5.98. The van der Waals surface area contributed by atoms with Gasteiger partial charge in [0.15, 0.2) is 0 Å². The van der Waals surface area contributed by atoms with Crippen molar-refractivity contribution >= 4 is 49.1 Å². The Morgan fingerprint density at radius 2 is 1.89 bits per heavy atom. The van der Waals surface area contributed by atoms with E-state index in [1.54, 1.807) is 18.2 Å². The summed E-state index contributed by atoms with van der Waals surface area (Å²) in [6.07, 6.45) is 0. The molecule has 3 nitrogen and oxygen atoms in total. The molecule has 0 aliphatic heterocycles. The van der Waals surface area contributed by atoms with Crippen LogP contribution in [0.15, 0.2) is 45.3 Å². The summed E-state index contributed by atoms with van der Waals surface area (Å²) in [6.45, 7) is 1.97. The summed E-state index contributed by atoms with van der Waals surface area (Å²) in [4.78, 5) is 12.2. The van der Waals surface area contributed by atoms with Crippen molar-refractivity contribution in [1.82, 2.24) is 0 Å². The molecule has 0 aliphatic rings. The van der Waals surface area contributed by atoms with E-state index in [1.165, 1.54) is 0 Å². The Morgan fingerprint density at radius 1 is 1.16 bits per heavy atom. The topological polar surface area (TPSA) is 55.1 Å². The van der Waals surface area contributed by atoms with E-state index in [1.807, 2.05) is 25.1 Å². The van der Waals surface area contributed by atoms with Crippen molar-refractivity contribution in [3.8, 4) is 0 Å². The summed E-state index contributed by atoms with van der Waals surface area (Å²) in [6, 6.07) is 10.9. The number of carbonyl (C=O) groups is 1. The molecule has 2 aromatic carbocycles. The molecule has 0 bridgehead atoms. The number of aryl methyl sites for hydroxylation is 1. The second-order valence-electron chi connectivity index (χ2n) is 4.21. The molecular weight excluding hydrogens is 372 g/mol. The number of hydrogen-bond acceptors (Lipinski definition) is 2. The minimum Gasteiger partial charge on any atom is -0.399 e. The molecule has 1 amide bonds. The van der Waals surface area contributed by atoms with Crippen LogP contribution in [0.3, 0.4) is 0 Å². The van der Waals surface area contributed by atoms with Crippen molar-refractivity contribution in [2.24, 2.45) is 0 Å². The van der Waals surface area contributed by atoms with E-state index in [-0.39, 0.29) is 5.91 Å². The quantitative estimate of drug-likeness (QED) is 0.757. The van der Waals surface area contributed by atoms with Crippen molar-refractivity contribution in [2.45, 2.75) is 6.92 Å². The van der Waals surface area contributed by atoms with Crippen LogP contribution in [0.4, 0.5) is 11.4 Å². The zero-order valence-corrected chi connectivity index (χ0v) is 13.4. The van der Waals surface area contributed by atoms with Crippen LogP contribution in [-0.2, 0) is 0 Å². The first-order chi connectivity index (χ1) is 8.95. The summed E-state index contributed by atoms with van der Waals surface area (Å²) >= 11 is 6.74. The van der Waals surface area contributed by atoms with Crippen molar-refractivity contribution < 1.29 is 4.79 Å². The molecule has 5 heteroatoms. The molecule has 0 unspecified atom stereocenters. The van der Waals surface area contributed by atoms with Crippen molar-refractivity contribution in [3.05, 3.63) is 56.5 Å². The third-order valence-electron chi connectivity index (χ3n) is 2.55. The van der Waals surface area contributed by atoms with Gasteiger partial charge in [-0.1, -0.05) is 22.0 Å². The Kier molecular flexibility index (Phi) is 4.27. The van der Waals surface area contributed by atoms with E-state index in [4.69, 9.17) is 5.73 Å². The highest BCUT2D eigenvalue weighted by Crippen LogP contribution is 2.25. The highest BCUT2D eigenvalue weighted by molar-refractivity contribution is 9.10. The average Bonchev–Trinajstić information content (AvgIpc) is 2.32. The molecule has 0 aliphatic carbocycles. The minimum absolute atomic E-state index is 0.195. The van der Waals surface area contributed by atoms with E-state index in [2.05, 4.69) is 37.2 Å². The van der Waals surface area contributed by atoms with Crippen LogP contribution in [0.25, 0.3) is 0 Å². The fourth-order valence-corrected chi connectivity index (χ4v) is 2.53. The van der Waals surface area contributed by atoms with Gasteiger partial charge in [-0.2, -0.15) is 0 Å². The molecule has 2 aromatic rings. The predicted octanol–water partition coefficient (Wildman–Crippen LogP) is 4.35. The summed E-state index contributed by atoms with van der Waals surface area (Å²) < 4.78 is 1.62. The molecule has 0 spiro atoms. The number of nitrogen functional groups attached to an aromatic ring is 1. The first kappa shape index (κ1) is 14.1. The molecule has 19 heavy (non-hydrogen) atoms. The van der Waals surface area contributed by atoms with E-state index in [0.717, 1.165) is 20.2 Å². The highest BCUT2D eigenvalue weighted by Gasteiger charge is 2.10. The number of carbonyl (C=O) groups excluding carboxylic acids is 1. The SMILES string of the molecule is Cc1ccc(Br)c(NC(=O)c2cc(N)cc(Br)c2)c1. The zero-order chi connectivity index (χ0) is 14.0. The van der Waals surface area contributed by atoms with E-state index in [0.29, 0.717) is 11.3 Å². The van der Waals surface area contributed by atoms with Gasteiger partial charge in [-0.25, -0.2) is 0 Å². The number of anilines is 2. The lowest BCUT2D eigenvalue weighted by molar-refractivity contribution is 0.102. The molecule has 0 saturated heterocycles. The molecule has 0 fully saturated rings. The molecule has 0 saturated carbocycles. The van der Waals surface area contributed by atoms with Crippen molar-refractivity contribution in [2.75, 3.05) is 11.1 Å². The minimum atomic E-state index is -0.195.